The lowest BCUT2D eigenvalue weighted by atomic mass is 10.1. The highest BCUT2D eigenvalue weighted by molar-refractivity contribution is 5.74. The van der Waals surface area contributed by atoms with Gasteiger partial charge in [0.1, 0.15) is 0 Å². The molecule has 20 heavy (non-hydrogen) atoms. The Bertz CT molecular complexity index is 573. The number of carbonyl (C=O) groups is 1. The summed E-state index contributed by atoms with van der Waals surface area (Å²) < 4.78 is 1.96. The van der Waals surface area contributed by atoms with Crippen molar-refractivity contribution in [3.8, 4) is 5.69 Å². The summed E-state index contributed by atoms with van der Waals surface area (Å²) in [4.78, 5) is 18.0. The third-order valence-corrected chi connectivity index (χ3v) is 3.60. The van der Waals surface area contributed by atoms with Crippen molar-refractivity contribution in [1.82, 2.24) is 19.8 Å². The fourth-order valence-electron chi connectivity index (χ4n) is 2.52. The first-order chi connectivity index (χ1) is 9.84. The van der Waals surface area contributed by atoms with E-state index in [0.717, 1.165) is 37.2 Å². The van der Waals surface area contributed by atoms with E-state index in [2.05, 4.69) is 10.3 Å². The Balaban J connectivity index is 1.70. The Morgan fingerprint density at radius 1 is 1.25 bits per heavy atom. The van der Waals surface area contributed by atoms with Gasteiger partial charge >= 0.3 is 6.03 Å². The molecule has 1 fully saturated rings. The summed E-state index contributed by atoms with van der Waals surface area (Å²) in [5, 5.41) is 3.00. The van der Waals surface area contributed by atoms with Crippen molar-refractivity contribution in [2.75, 3.05) is 13.1 Å². The summed E-state index contributed by atoms with van der Waals surface area (Å²) in [5.74, 6) is 0. The van der Waals surface area contributed by atoms with Gasteiger partial charge in [-0.15, -0.1) is 0 Å². The first kappa shape index (κ1) is 12.7. The number of imidazole rings is 1. The molecule has 3 rings (SSSR count). The first-order valence-corrected chi connectivity index (χ1v) is 6.93. The average molecular weight is 270 g/mol. The number of urea groups is 1. The molecule has 1 aliphatic heterocycles. The summed E-state index contributed by atoms with van der Waals surface area (Å²) >= 11 is 0. The van der Waals surface area contributed by atoms with Gasteiger partial charge in [-0.2, -0.15) is 0 Å². The van der Waals surface area contributed by atoms with Crippen LogP contribution >= 0.6 is 0 Å². The van der Waals surface area contributed by atoms with Crippen LogP contribution in [0.4, 0.5) is 4.79 Å². The van der Waals surface area contributed by atoms with Gasteiger partial charge in [-0.05, 0) is 24.5 Å². The molecule has 2 amide bonds. The van der Waals surface area contributed by atoms with Crippen LogP contribution in [0, 0.1) is 0 Å². The molecule has 2 heterocycles. The molecule has 1 aromatic heterocycles. The molecule has 1 saturated heterocycles. The van der Waals surface area contributed by atoms with Gasteiger partial charge < -0.3 is 14.8 Å². The fourth-order valence-corrected chi connectivity index (χ4v) is 2.52. The monoisotopic (exact) mass is 270 g/mol. The molecule has 0 saturated carbocycles. The number of para-hydroxylation sites is 1. The molecular formula is C15H18N4O. The molecule has 5 heteroatoms. The highest BCUT2D eigenvalue weighted by Gasteiger charge is 2.17. The molecule has 0 bridgehead atoms. The van der Waals surface area contributed by atoms with Crippen LogP contribution in [-0.4, -0.2) is 33.6 Å². The van der Waals surface area contributed by atoms with Crippen LogP contribution in [0.3, 0.4) is 0 Å². The van der Waals surface area contributed by atoms with Crippen molar-refractivity contribution < 1.29 is 4.79 Å². The average Bonchev–Trinajstić information content (AvgIpc) is 3.17. The molecule has 0 unspecified atom stereocenters. The van der Waals surface area contributed by atoms with E-state index in [1.807, 2.05) is 39.9 Å². The summed E-state index contributed by atoms with van der Waals surface area (Å²) in [6.07, 6.45) is 7.64. The highest BCUT2D eigenvalue weighted by Crippen LogP contribution is 2.14. The molecule has 0 radical (unpaired) electrons. The van der Waals surface area contributed by atoms with Gasteiger partial charge in [-0.25, -0.2) is 9.78 Å². The number of nitrogens with zero attached hydrogens (tertiary/aromatic N) is 3. The number of amides is 2. The molecule has 2 aromatic rings. The lowest BCUT2D eigenvalue weighted by Crippen LogP contribution is -2.37. The van der Waals surface area contributed by atoms with Gasteiger partial charge in [0.15, 0.2) is 0 Å². The van der Waals surface area contributed by atoms with E-state index in [4.69, 9.17) is 0 Å². The maximum atomic E-state index is 12.0. The third kappa shape index (κ3) is 2.66. The van der Waals surface area contributed by atoms with Crippen molar-refractivity contribution in [3.63, 3.8) is 0 Å². The van der Waals surface area contributed by atoms with Gasteiger partial charge in [0.05, 0.1) is 12.0 Å². The van der Waals surface area contributed by atoms with Gasteiger partial charge in [0.2, 0.25) is 0 Å². The number of rotatable bonds is 3. The van der Waals surface area contributed by atoms with Crippen molar-refractivity contribution >= 4 is 6.03 Å². The summed E-state index contributed by atoms with van der Waals surface area (Å²) in [6, 6.07) is 8.06. The predicted octanol–water partition coefficient (Wildman–Crippen LogP) is 2.18. The lowest BCUT2D eigenvalue weighted by molar-refractivity contribution is 0.208. The van der Waals surface area contributed by atoms with Crippen molar-refractivity contribution in [1.29, 1.82) is 0 Å². The molecule has 1 N–H and O–H groups in total. The van der Waals surface area contributed by atoms with Crippen LogP contribution in [0.1, 0.15) is 18.4 Å². The Kier molecular flexibility index (Phi) is 3.67. The maximum Gasteiger partial charge on any atom is 0.317 e. The van der Waals surface area contributed by atoms with E-state index in [1.165, 1.54) is 0 Å². The maximum absolute atomic E-state index is 12.0. The van der Waals surface area contributed by atoms with Crippen LogP contribution in [0.15, 0.2) is 43.0 Å². The molecule has 5 nitrogen and oxygen atoms in total. The fraction of sp³-hybridized carbons (Fsp3) is 0.333. The van der Waals surface area contributed by atoms with E-state index in [9.17, 15) is 4.79 Å². The van der Waals surface area contributed by atoms with Gasteiger partial charge in [0.25, 0.3) is 0 Å². The standard InChI is InChI=1S/C15H18N4O/c20-15(18-8-3-4-9-18)17-11-13-5-1-2-6-14(13)19-10-7-16-12-19/h1-2,5-7,10,12H,3-4,8-9,11H2,(H,17,20). The third-order valence-electron chi connectivity index (χ3n) is 3.60. The molecule has 1 aliphatic rings. The zero-order chi connectivity index (χ0) is 13.8. The van der Waals surface area contributed by atoms with Crippen LogP contribution < -0.4 is 5.32 Å². The minimum Gasteiger partial charge on any atom is -0.334 e. The topological polar surface area (TPSA) is 50.2 Å². The number of likely N-dealkylation sites (tertiary alicyclic amines) is 1. The number of carbonyl (C=O) groups excluding carboxylic acids is 1. The number of aromatic nitrogens is 2. The predicted molar refractivity (Wildman–Crippen MR) is 76.6 cm³/mol. The van der Waals surface area contributed by atoms with Crippen LogP contribution in [0.5, 0.6) is 0 Å². The zero-order valence-corrected chi connectivity index (χ0v) is 11.3. The van der Waals surface area contributed by atoms with Crippen molar-refractivity contribution in [2.24, 2.45) is 0 Å². The molecule has 1 aromatic carbocycles. The Hall–Kier alpha value is -2.30. The molecular weight excluding hydrogens is 252 g/mol. The van der Waals surface area contributed by atoms with E-state index in [1.54, 1.807) is 12.5 Å². The van der Waals surface area contributed by atoms with Gasteiger partial charge in [-0.1, -0.05) is 18.2 Å². The summed E-state index contributed by atoms with van der Waals surface area (Å²) in [7, 11) is 0. The Morgan fingerprint density at radius 2 is 2.05 bits per heavy atom. The number of hydrogen-bond acceptors (Lipinski definition) is 2. The van der Waals surface area contributed by atoms with Crippen LogP contribution in [0.2, 0.25) is 0 Å². The summed E-state index contributed by atoms with van der Waals surface area (Å²) in [5.41, 5.74) is 2.13. The Labute approximate surface area is 118 Å². The summed E-state index contributed by atoms with van der Waals surface area (Å²) in [6.45, 7) is 2.27. The highest BCUT2D eigenvalue weighted by atomic mass is 16.2. The quantitative estimate of drug-likeness (QED) is 0.929. The second-order valence-electron chi connectivity index (χ2n) is 4.95. The van der Waals surface area contributed by atoms with Crippen molar-refractivity contribution in [3.05, 3.63) is 48.5 Å². The molecule has 0 spiro atoms. The van der Waals surface area contributed by atoms with E-state index in [-0.39, 0.29) is 6.03 Å². The second-order valence-corrected chi connectivity index (χ2v) is 4.95. The first-order valence-electron chi connectivity index (χ1n) is 6.93. The minimum atomic E-state index is 0.0305. The van der Waals surface area contributed by atoms with E-state index < -0.39 is 0 Å². The lowest BCUT2D eigenvalue weighted by Gasteiger charge is -2.17. The van der Waals surface area contributed by atoms with E-state index >= 15 is 0 Å². The minimum absolute atomic E-state index is 0.0305. The largest absolute Gasteiger partial charge is 0.334 e. The van der Waals surface area contributed by atoms with Gasteiger partial charge in [0, 0.05) is 32.0 Å². The number of hydrogen-bond donors (Lipinski definition) is 1. The zero-order valence-electron chi connectivity index (χ0n) is 11.3. The van der Waals surface area contributed by atoms with Gasteiger partial charge in [-0.3, -0.25) is 0 Å². The normalized spacial score (nSPS) is 14.5. The van der Waals surface area contributed by atoms with Crippen LogP contribution in [-0.2, 0) is 6.54 Å². The number of nitrogens with one attached hydrogen (secondary N) is 1. The van der Waals surface area contributed by atoms with E-state index in [0.29, 0.717) is 6.54 Å². The molecule has 0 aliphatic carbocycles. The number of benzene rings is 1. The van der Waals surface area contributed by atoms with Crippen LogP contribution in [0.25, 0.3) is 5.69 Å². The van der Waals surface area contributed by atoms with Crippen molar-refractivity contribution in [2.45, 2.75) is 19.4 Å². The SMILES string of the molecule is O=C(NCc1ccccc1-n1ccnc1)N1CCCC1. The second kappa shape index (κ2) is 5.77. The molecule has 104 valence electrons. The smallest absolute Gasteiger partial charge is 0.317 e. The molecule has 0 atom stereocenters. The Morgan fingerprint density at radius 3 is 2.80 bits per heavy atom.